The number of thiol groups is 1. The Morgan fingerprint density at radius 3 is 3.07 bits per heavy atom. The maximum absolute atomic E-state index is 11.7. The molecule has 0 spiro atoms. The maximum atomic E-state index is 11.7. The summed E-state index contributed by atoms with van der Waals surface area (Å²) in [4.78, 5) is 17.7. The number of carbonyl (C=O) groups excluding carboxylic acids is 1. The molecule has 0 N–H and O–H groups in total. The van der Waals surface area contributed by atoms with Gasteiger partial charge in [-0.05, 0) is 17.9 Å². The fraction of sp³-hybridized carbons (Fsp3) is 0.625. The number of carbonyl (C=O) groups is 1. The van der Waals surface area contributed by atoms with Crippen molar-refractivity contribution in [1.29, 1.82) is 0 Å². The van der Waals surface area contributed by atoms with Crippen LogP contribution in [0.1, 0.15) is 6.42 Å². The van der Waals surface area contributed by atoms with Crippen LogP contribution in [-0.4, -0.2) is 33.8 Å². The molecule has 0 aliphatic carbocycles. The molecule has 0 aromatic carbocycles. The van der Waals surface area contributed by atoms with E-state index in [1.54, 1.807) is 4.90 Å². The van der Waals surface area contributed by atoms with Crippen molar-refractivity contribution in [2.75, 3.05) is 23.5 Å². The highest BCUT2D eigenvalue weighted by atomic mass is 32.2. The lowest BCUT2D eigenvalue weighted by molar-refractivity contribution is -0.117. The van der Waals surface area contributed by atoms with E-state index in [-0.39, 0.29) is 5.91 Å². The molecule has 0 radical (unpaired) electrons. The molecule has 1 aromatic rings. The van der Waals surface area contributed by atoms with Gasteiger partial charge >= 0.3 is 0 Å². The molecule has 15 heavy (non-hydrogen) atoms. The molecule has 1 aromatic heterocycles. The zero-order valence-electron chi connectivity index (χ0n) is 8.21. The summed E-state index contributed by atoms with van der Waals surface area (Å²) in [5.74, 6) is 1.23. The SMILES string of the molecule is CSc1nsc(N2CC(CS)CC2=O)n1. The van der Waals surface area contributed by atoms with Gasteiger partial charge in [-0.2, -0.15) is 22.0 Å². The van der Waals surface area contributed by atoms with E-state index in [0.29, 0.717) is 17.5 Å². The number of anilines is 1. The monoisotopic (exact) mass is 261 g/mol. The maximum Gasteiger partial charge on any atom is 0.229 e. The van der Waals surface area contributed by atoms with Gasteiger partial charge in [-0.15, -0.1) is 0 Å². The van der Waals surface area contributed by atoms with Crippen LogP contribution in [0.3, 0.4) is 0 Å². The first-order chi connectivity index (χ1) is 7.24. The Hall–Kier alpha value is -0.270. The Kier molecular flexibility index (Phi) is 3.53. The van der Waals surface area contributed by atoms with Crippen molar-refractivity contribution in [2.24, 2.45) is 5.92 Å². The van der Waals surface area contributed by atoms with Gasteiger partial charge in [0.25, 0.3) is 0 Å². The summed E-state index contributed by atoms with van der Waals surface area (Å²) in [5.41, 5.74) is 0. The van der Waals surface area contributed by atoms with Crippen molar-refractivity contribution < 1.29 is 4.79 Å². The van der Waals surface area contributed by atoms with Gasteiger partial charge in [-0.1, -0.05) is 11.8 Å². The van der Waals surface area contributed by atoms with Crippen molar-refractivity contribution in [3.8, 4) is 0 Å². The summed E-state index contributed by atoms with van der Waals surface area (Å²) in [6.45, 7) is 0.728. The Morgan fingerprint density at radius 1 is 1.73 bits per heavy atom. The minimum absolute atomic E-state index is 0.137. The molecule has 7 heteroatoms. The standard InChI is InChI=1S/C8H11N3OS3/c1-14-7-9-8(15-10-7)11-3-5(4-13)2-6(11)12/h5,13H,2-4H2,1H3. The first kappa shape index (κ1) is 11.2. The summed E-state index contributed by atoms with van der Waals surface area (Å²) in [6, 6.07) is 0. The van der Waals surface area contributed by atoms with Crippen molar-refractivity contribution in [3.63, 3.8) is 0 Å². The van der Waals surface area contributed by atoms with Gasteiger partial charge < -0.3 is 0 Å². The van der Waals surface area contributed by atoms with Crippen molar-refractivity contribution in [2.45, 2.75) is 11.6 Å². The van der Waals surface area contributed by atoms with Gasteiger partial charge in [0.1, 0.15) is 0 Å². The summed E-state index contributed by atoms with van der Waals surface area (Å²) >= 11 is 6.99. The average Bonchev–Trinajstić information content (AvgIpc) is 2.83. The van der Waals surface area contributed by atoms with Crippen molar-refractivity contribution in [1.82, 2.24) is 9.36 Å². The Bertz CT molecular complexity index is 368. The third-order valence-electron chi connectivity index (χ3n) is 2.27. The molecule has 1 fully saturated rings. The Morgan fingerprint density at radius 2 is 2.53 bits per heavy atom. The van der Waals surface area contributed by atoms with Crippen LogP contribution in [0.2, 0.25) is 0 Å². The number of thioether (sulfide) groups is 1. The predicted molar refractivity (Wildman–Crippen MR) is 66.0 cm³/mol. The number of hydrogen-bond acceptors (Lipinski definition) is 6. The van der Waals surface area contributed by atoms with Gasteiger partial charge in [0.15, 0.2) is 0 Å². The highest BCUT2D eigenvalue weighted by Crippen LogP contribution is 2.28. The van der Waals surface area contributed by atoms with E-state index in [4.69, 9.17) is 0 Å². The average molecular weight is 261 g/mol. The van der Waals surface area contributed by atoms with E-state index in [1.807, 2.05) is 6.26 Å². The molecule has 1 unspecified atom stereocenters. The van der Waals surface area contributed by atoms with E-state index >= 15 is 0 Å². The minimum Gasteiger partial charge on any atom is -0.287 e. The molecule has 82 valence electrons. The van der Waals surface area contributed by atoms with E-state index in [0.717, 1.165) is 17.5 Å². The normalized spacial score (nSPS) is 21.3. The van der Waals surface area contributed by atoms with E-state index in [1.165, 1.54) is 23.3 Å². The largest absolute Gasteiger partial charge is 0.287 e. The third-order valence-corrected chi connectivity index (χ3v) is 4.19. The Balaban J connectivity index is 2.14. The predicted octanol–water partition coefficient (Wildman–Crippen LogP) is 1.54. The second-order valence-electron chi connectivity index (χ2n) is 3.32. The van der Waals surface area contributed by atoms with Crippen LogP contribution in [0.5, 0.6) is 0 Å². The molecule has 1 aliphatic heterocycles. The topological polar surface area (TPSA) is 46.1 Å². The van der Waals surface area contributed by atoms with Crippen LogP contribution in [0.4, 0.5) is 5.13 Å². The highest BCUT2D eigenvalue weighted by molar-refractivity contribution is 7.98. The fourth-order valence-corrected chi connectivity index (χ4v) is 2.98. The van der Waals surface area contributed by atoms with Crippen LogP contribution in [-0.2, 0) is 4.79 Å². The minimum atomic E-state index is 0.137. The molecule has 2 heterocycles. The molecule has 4 nitrogen and oxygen atoms in total. The summed E-state index contributed by atoms with van der Waals surface area (Å²) in [7, 11) is 0. The first-order valence-corrected chi connectivity index (χ1v) is 7.16. The van der Waals surface area contributed by atoms with E-state index < -0.39 is 0 Å². The lowest BCUT2D eigenvalue weighted by Crippen LogP contribution is -2.24. The van der Waals surface area contributed by atoms with Gasteiger partial charge in [0.2, 0.25) is 16.2 Å². The Labute approximate surface area is 102 Å². The first-order valence-electron chi connectivity index (χ1n) is 4.53. The van der Waals surface area contributed by atoms with Gasteiger partial charge in [0, 0.05) is 24.5 Å². The number of nitrogens with zero attached hydrogens (tertiary/aromatic N) is 3. The molecule has 1 amide bonds. The highest BCUT2D eigenvalue weighted by Gasteiger charge is 2.31. The number of hydrogen-bond donors (Lipinski definition) is 1. The van der Waals surface area contributed by atoms with E-state index in [9.17, 15) is 4.79 Å². The number of aromatic nitrogens is 2. The van der Waals surface area contributed by atoms with Gasteiger partial charge in [-0.25, -0.2) is 0 Å². The van der Waals surface area contributed by atoms with Crippen LogP contribution < -0.4 is 4.90 Å². The molecule has 2 rings (SSSR count). The van der Waals surface area contributed by atoms with Crippen molar-refractivity contribution in [3.05, 3.63) is 0 Å². The fourth-order valence-electron chi connectivity index (χ4n) is 1.48. The third kappa shape index (κ3) is 2.29. The molecule has 0 saturated carbocycles. The van der Waals surface area contributed by atoms with E-state index in [2.05, 4.69) is 22.0 Å². The lowest BCUT2D eigenvalue weighted by Gasteiger charge is -2.10. The lowest BCUT2D eigenvalue weighted by atomic mass is 10.1. The van der Waals surface area contributed by atoms with Crippen molar-refractivity contribution >= 4 is 47.0 Å². The van der Waals surface area contributed by atoms with Crippen LogP contribution >= 0.6 is 35.9 Å². The molecule has 1 atom stereocenters. The summed E-state index contributed by atoms with van der Waals surface area (Å²) in [6.07, 6.45) is 2.51. The number of rotatable bonds is 3. The van der Waals surface area contributed by atoms with Crippen LogP contribution in [0, 0.1) is 5.92 Å². The second kappa shape index (κ2) is 4.71. The summed E-state index contributed by atoms with van der Waals surface area (Å²) in [5, 5.41) is 1.45. The molecular formula is C8H11N3OS3. The summed E-state index contributed by atoms with van der Waals surface area (Å²) < 4.78 is 4.15. The second-order valence-corrected chi connectivity index (χ2v) is 5.19. The quantitative estimate of drug-likeness (QED) is 0.662. The van der Waals surface area contributed by atoms with Gasteiger partial charge in [-0.3, -0.25) is 9.69 Å². The van der Waals surface area contributed by atoms with Crippen LogP contribution in [0.25, 0.3) is 0 Å². The zero-order chi connectivity index (χ0) is 10.8. The smallest absolute Gasteiger partial charge is 0.229 e. The molecular weight excluding hydrogens is 250 g/mol. The zero-order valence-corrected chi connectivity index (χ0v) is 10.7. The van der Waals surface area contributed by atoms with Gasteiger partial charge in [0.05, 0.1) is 0 Å². The van der Waals surface area contributed by atoms with Crippen LogP contribution in [0.15, 0.2) is 5.16 Å². The number of amides is 1. The molecule has 1 saturated heterocycles. The molecule has 0 bridgehead atoms. The molecule has 1 aliphatic rings.